The number of piperazine rings is 1. The Bertz CT molecular complexity index is 1080. The highest BCUT2D eigenvalue weighted by Crippen LogP contribution is 2.25. The van der Waals surface area contributed by atoms with E-state index in [9.17, 15) is 21.2 Å². The van der Waals surface area contributed by atoms with E-state index in [0.29, 0.717) is 17.9 Å². The molecule has 29 heavy (non-hydrogen) atoms. The molecule has 1 aliphatic rings. The first-order valence-electron chi connectivity index (χ1n) is 9.15. The van der Waals surface area contributed by atoms with Crippen LogP contribution >= 0.6 is 0 Å². The third-order valence-electron chi connectivity index (χ3n) is 4.67. The number of aryl methyl sites for hydroxylation is 1. The Morgan fingerprint density at radius 1 is 0.897 bits per heavy atom. The van der Waals surface area contributed by atoms with Crippen LogP contribution in [0.15, 0.2) is 52.3 Å². The van der Waals surface area contributed by atoms with Crippen LogP contribution in [0.4, 0.5) is 4.39 Å². The Kier molecular flexibility index (Phi) is 6.27. The highest BCUT2D eigenvalue weighted by atomic mass is 32.2. The number of sulfonamides is 2. The molecule has 0 spiro atoms. The number of hydrogen-bond acceptors (Lipinski definition) is 5. The van der Waals surface area contributed by atoms with Crippen molar-refractivity contribution in [3.05, 3.63) is 53.8 Å². The van der Waals surface area contributed by atoms with Crippen molar-refractivity contribution in [1.29, 1.82) is 0 Å². The highest BCUT2D eigenvalue weighted by molar-refractivity contribution is 7.89. The van der Waals surface area contributed by atoms with Crippen molar-refractivity contribution in [1.82, 2.24) is 8.61 Å². The second kappa shape index (κ2) is 8.39. The molecule has 0 aromatic heterocycles. The van der Waals surface area contributed by atoms with Gasteiger partial charge < -0.3 is 4.74 Å². The third kappa shape index (κ3) is 4.45. The predicted octanol–water partition coefficient (Wildman–Crippen LogP) is 2.23. The van der Waals surface area contributed by atoms with E-state index in [-0.39, 0.29) is 36.0 Å². The van der Waals surface area contributed by atoms with E-state index in [2.05, 4.69) is 0 Å². The predicted molar refractivity (Wildman–Crippen MR) is 106 cm³/mol. The van der Waals surface area contributed by atoms with Crippen LogP contribution in [0.25, 0.3) is 0 Å². The van der Waals surface area contributed by atoms with Crippen molar-refractivity contribution >= 4 is 20.0 Å². The van der Waals surface area contributed by atoms with Gasteiger partial charge in [-0.05, 0) is 55.8 Å². The molecule has 0 amide bonds. The second-order valence-corrected chi connectivity index (χ2v) is 10.5. The highest BCUT2D eigenvalue weighted by Gasteiger charge is 2.34. The van der Waals surface area contributed by atoms with Crippen LogP contribution in [-0.2, 0) is 20.0 Å². The quantitative estimate of drug-likeness (QED) is 0.685. The van der Waals surface area contributed by atoms with Gasteiger partial charge in [0.1, 0.15) is 16.5 Å². The molecule has 2 aromatic rings. The lowest BCUT2D eigenvalue weighted by molar-refractivity contribution is 0.272. The molecule has 3 rings (SSSR count). The summed E-state index contributed by atoms with van der Waals surface area (Å²) in [5.41, 5.74) is 0.627. The Morgan fingerprint density at radius 3 is 2.00 bits per heavy atom. The van der Waals surface area contributed by atoms with Crippen LogP contribution in [0.5, 0.6) is 5.75 Å². The molecule has 0 atom stereocenters. The van der Waals surface area contributed by atoms with Crippen LogP contribution in [0, 0.1) is 12.7 Å². The van der Waals surface area contributed by atoms with E-state index >= 15 is 0 Å². The lowest BCUT2D eigenvalue weighted by Gasteiger charge is -2.33. The molecule has 1 heterocycles. The van der Waals surface area contributed by atoms with Gasteiger partial charge in [-0.15, -0.1) is 0 Å². The van der Waals surface area contributed by atoms with Gasteiger partial charge in [-0.1, -0.05) is 6.07 Å². The van der Waals surface area contributed by atoms with Crippen LogP contribution in [0.3, 0.4) is 0 Å². The molecule has 10 heteroatoms. The lowest BCUT2D eigenvalue weighted by atomic mass is 10.2. The monoisotopic (exact) mass is 442 g/mol. The van der Waals surface area contributed by atoms with Crippen molar-refractivity contribution in [3.63, 3.8) is 0 Å². The molecular formula is C19H23FN2O5S2. The van der Waals surface area contributed by atoms with Crippen LogP contribution in [-0.4, -0.2) is 58.2 Å². The van der Waals surface area contributed by atoms with E-state index in [0.717, 1.165) is 10.4 Å². The fraction of sp³-hybridized carbons (Fsp3) is 0.368. The SMILES string of the molecule is CCOc1ccc(S(=O)(=O)N2CCN(S(=O)(=O)c3cc(C)ccc3F)CC2)cc1. The number of benzene rings is 2. The van der Waals surface area contributed by atoms with Crippen molar-refractivity contribution < 1.29 is 26.0 Å². The molecule has 7 nitrogen and oxygen atoms in total. The standard InChI is InChI=1S/C19H23FN2O5S2/c1-3-27-16-5-7-17(8-6-16)28(23,24)21-10-12-22(13-11-21)29(25,26)19-14-15(2)4-9-18(19)20/h4-9,14H,3,10-13H2,1-2H3. The van der Waals surface area contributed by atoms with Gasteiger partial charge >= 0.3 is 0 Å². The van der Waals surface area contributed by atoms with Gasteiger partial charge in [0.2, 0.25) is 20.0 Å². The molecule has 1 fully saturated rings. The lowest BCUT2D eigenvalue weighted by Crippen LogP contribution is -2.50. The number of hydrogen-bond donors (Lipinski definition) is 0. The minimum Gasteiger partial charge on any atom is -0.494 e. The Balaban J connectivity index is 1.75. The summed E-state index contributed by atoms with van der Waals surface area (Å²) in [7, 11) is -7.80. The average Bonchev–Trinajstić information content (AvgIpc) is 2.70. The first kappa shape index (κ1) is 21.7. The Hall–Kier alpha value is -2.01. The minimum absolute atomic E-state index is 0.0117. The fourth-order valence-corrected chi connectivity index (χ4v) is 6.12. The molecule has 158 valence electrons. The molecule has 0 N–H and O–H groups in total. The Morgan fingerprint density at radius 2 is 1.45 bits per heavy atom. The first-order chi connectivity index (χ1) is 13.7. The van der Waals surface area contributed by atoms with Crippen molar-refractivity contribution in [2.75, 3.05) is 32.8 Å². The van der Waals surface area contributed by atoms with Crippen molar-refractivity contribution in [2.45, 2.75) is 23.6 Å². The van der Waals surface area contributed by atoms with Crippen LogP contribution in [0.2, 0.25) is 0 Å². The zero-order valence-corrected chi connectivity index (χ0v) is 17.8. The van der Waals surface area contributed by atoms with Gasteiger partial charge in [-0.2, -0.15) is 8.61 Å². The first-order valence-corrected chi connectivity index (χ1v) is 12.0. The van der Waals surface area contributed by atoms with Gasteiger partial charge in [-0.25, -0.2) is 21.2 Å². The van der Waals surface area contributed by atoms with Crippen molar-refractivity contribution in [3.8, 4) is 5.75 Å². The van der Waals surface area contributed by atoms with Gasteiger partial charge in [0, 0.05) is 26.2 Å². The van der Waals surface area contributed by atoms with Crippen LogP contribution in [0.1, 0.15) is 12.5 Å². The molecular weight excluding hydrogens is 419 g/mol. The van der Waals surface area contributed by atoms with Gasteiger partial charge in [-0.3, -0.25) is 0 Å². The van der Waals surface area contributed by atoms with Gasteiger partial charge in [0.05, 0.1) is 11.5 Å². The van der Waals surface area contributed by atoms with Crippen LogP contribution < -0.4 is 4.74 Å². The minimum atomic E-state index is -4.04. The van der Waals surface area contributed by atoms with Crippen molar-refractivity contribution in [2.24, 2.45) is 0 Å². The normalized spacial score (nSPS) is 16.7. The third-order valence-corrected chi connectivity index (χ3v) is 8.50. The maximum absolute atomic E-state index is 14.1. The molecule has 0 aliphatic carbocycles. The van der Waals surface area contributed by atoms with Gasteiger partial charge in [0.25, 0.3) is 0 Å². The zero-order chi connectivity index (χ0) is 21.2. The number of rotatable bonds is 6. The smallest absolute Gasteiger partial charge is 0.246 e. The maximum atomic E-state index is 14.1. The average molecular weight is 443 g/mol. The summed E-state index contributed by atoms with van der Waals surface area (Å²) in [5, 5.41) is 0. The molecule has 1 saturated heterocycles. The molecule has 2 aromatic carbocycles. The van der Waals surface area contributed by atoms with E-state index in [4.69, 9.17) is 4.74 Å². The maximum Gasteiger partial charge on any atom is 0.246 e. The summed E-state index contributed by atoms with van der Waals surface area (Å²) < 4.78 is 73.0. The molecule has 1 aliphatic heterocycles. The molecule has 0 saturated carbocycles. The molecule has 0 radical (unpaired) electrons. The number of ether oxygens (including phenoxy) is 1. The summed E-state index contributed by atoms with van der Waals surface area (Å²) >= 11 is 0. The summed E-state index contributed by atoms with van der Waals surface area (Å²) in [5.74, 6) is -0.248. The second-order valence-electron chi connectivity index (χ2n) is 6.65. The zero-order valence-electron chi connectivity index (χ0n) is 16.2. The van der Waals surface area contributed by atoms with E-state index in [1.54, 1.807) is 19.1 Å². The summed E-state index contributed by atoms with van der Waals surface area (Å²) in [6, 6.07) is 9.99. The van der Waals surface area contributed by atoms with E-state index < -0.39 is 25.9 Å². The summed E-state index contributed by atoms with van der Waals surface area (Å²) in [6.45, 7) is 3.87. The number of halogens is 1. The largest absolute Gasteiger partial charge is 0.494 e. The Labute approximate surface area is 170 Å². The fourth-order valence-electron chi connectivity index (χ4n) is 3.12. The van der Waals surface area contributed by atoms with Gasteiger partial charge in [0.15, 0.2) is 0 Å². The molecule has 0 unspecified atom stereocenters. The van der Waals surface area contributed by atoms with E-state index in [1.165, 1.54) is 28.6 Å². The summed E-state index contributed by atoms with van der Waals surface area (Å²) in [4.78, 5) is -0.276. The summed E-state index contributed by atoms with van der Waals surface area (Å²) in [6.07, 6.45) is 0. The van der Waals surface area contributed by atoms with E-state index in [1.807, 2.05) is 6.92 Å². The number of nitrogens with zero attached hydrogens (tertiary/aromatic N) is 2. The molecule has 0 bridgehead atoms. The topological polar surface area (TPSA) is 84.0 Å².